The molecule has 0 radical (unpaired) electrons. The maximum atomic E-state index is 12.9. The minimum Gasteiger partial charge on any atom is -0.494 e. The third-order valence-corrected chi connectivity index (χ3v) is 8.77. The Bertz CT molecular complexity index is 1400. The van der Waals surface area contributed by atoms with Gasteiger partial charge in [-0.1, -0.05) is 51.5 Å². The lowest BCUT2D eigenvalue weighted by Crippen LogP contribution is -2.35. The molecule has 2 aliphatic heterocycles. The van der Waals surface area contributed by atoms with Crippen molar-refractivity contribution < 1.29 is 23.7 Å². The molecule has 9 nitrogen and oxygen atoms in total. The predicted molar refractivity (Wildman–Crippen MR) is 176 cm³/mol. The molecule has 0 bridgehead atoms. The van der Waals surface area contributed by atoms with Crippen LogP contribution in [-0.4, -0.2) is 53.4 Å². The van der Waals surface area contributed by atoms with Crippen LogP contribution in [0.1, 0.15) is 77.2 Å². The van der Waals surface area contributed by atoms with E-state index >= 15 is 0 Å². The van der Waals surface area contributed by atoms with Crippen LogP contribution >= 0.6 is 11.8 Å². The van der Waals surface area contributed by atoms with E-state index in [0.29, 0.717) is 48.0 Å². The smallest absolute Gasteiger partial charge is 0.283 e. The SMILES string of the molecule is CCCCCCOc1ccc(OCCOc2ccc(/C=C3/C(=N)N4N=C(C5CCCCC5)SC4=NC3=O)cc2OCC)cc1. The summed E-state index contributed by atoms with van der Waals surface area (Å²) in [5, 5.41) is 16.4. The molecule has 2 heterocycles. The molecule has 1 aliphatic carbocycles. The number of fused-ring (bicyclic) bond motifs is 1. The number of nitrogens with one attached hydrogen (secondary N) is 1. The number of thioether (sulfide) groups is 1. The van der Waals surface area contributed by atoms with E-state index < -0.39 is 5.91 Å². The zero-order chi connectivity index (χ0) is 30.7. The van der Waals surface area contributed by atoms with Crippen molar-refractivity contribution in [2.24, 2.45) is 16.0 Å². The van der Waals surface area contributed by atoms with Crippen LogP contribution in [0.3, 0.4) is 0 Å². The Kier molecular flexibility index (Phi) is 11.4. The number of hydrazone groups is 1. The summed E-state index contributed by atoms with van der Waals surface area (Å²) in [6.07, 6.45) is 12.2. The summed E-state index contributed by atoms with van der Waals surface area (Å²) in [5.74, 6) is 2.71. The van der Waals surface area contributed by atoms with Gasteiger partial charge in [-0.05, 0) is 86.0 Å². The molecule has 0 spiro atoms. The zero-order valence-electron chi connectivity index (χ0n) is 25.7. The summed E-state index contributed by atoms with van der Waals surface area (Å²) >= 11 is 1.43. The van der Waals surface area contributed by atoms with Crippen LogP contribution in [0.25, 0.3) is 6.08 Å². The highest BCUT2D eigenvalue weighted by Crippen LogP contribution is 2.37. The van der Waals surface area contributed by atoms with Gasteiger partial charge in [-0.25, -0.2) is 0 Å². The van der Waals surface area contributed by atoms with Crippen molar-refractivity contribution in [3.63, 3.8) is 0 Å². The van der Waals surface area contributed by atoms with Gasteiger partial charge in [0, 0.05) is 5.92 Å². The first-order valence-electron chi connectivity index (χ1n) is 15.8. The van der Waals surface area contributed by atoms with Crippen LogP contribution in [0.4, 0.5) is 0 Å². The minimum atomic E-state index is -0.434. The normalized spacial score (nSPS) is 17.8. The van der Waals surface area contributed by atoms with E-state index in [0.717, 1.165) is 42.4 Å². The van der Waals surface area contributed by atoms with E-state index in [1.54, 1.807) is 12.1 Å². The summed E-state index contributed by atoms with van der Waals surface area (Å²) in [6.45, 7) is 5.97. The minimum absolute atomic E-state index is 0.0420. The molecule has 44 heavy (non-hydrogen) atoms. The van der Waals surface area contributed by atoms with Gasteiger partial charge < -0.3 is 18.9 Å². The lowest BCUT2D eigenvalue weighted by molar-refractivity contribution is -0.114. The Morgan fingerprint density at radius 1 is 0.886 bits per heavy atom. The fraction of sp³-hybridized carbons (Fsp3) is 0.471. The lowest BCUT2D eigenvalue weighted by Gasteiger charge is -2.20. The number of unbranched alkanes of at least 4 members (excludes halogenated alkanes) is 3. The van der Waals surface area contributed by atoms with Crippen molar-refractivity contribution in [1.29, 1.82) is 5.41 Å². The van der Waals surface area contributed by atoms with Crippen LogP contribution in [0, 0.1) is 11.3 Å². The molecule has 1 fully saturated rings. The third kappa shape index (κ3) is 8.22. The van der Waals surface area contributed by atoms with Gasteiger partial charge in [0.25, 0.3) is 5.91 Å². The molecular weight excluding hydrogens is 576 g/mol. The first-order chi connectivity index (χ1) is 21.6. The predicted octanol–water partition coefficient (Wildman–Crippen LogP) is 7.70. The molecule has 0 unspecified atom stereocenters. The van der Waals surface area contributed by atoms with Gasteiger partial charge in [0.05, 0.1) is 18.8 Å². The van der Waals surface area contributed by atoms with Gasteiger partial charge in [0.2, 0.25) is 5.17 Å². The number of carbonyl (C=O) groups excluding carboxylic acids is 1. The maximum absolute atomic E-state index is 12.9. The van der Waals surface area contributed by atoms with Crippen molar-refractivity contribution in [3.8, 4) is 23.0 Å². The Hall–Kier alpha value is -3.79. The van der Waals surface area contributed by atoms with Crippen LogP contribution in [0.2, 0.25) is 0 Å². The van der Waals surface area contributed by atoms with E-state index in [4.69, 9.17) is 29.5 Å². The van der Waals surface area contributed by atoms with E-state index in [2.05, 4.69) is 11.9 Å². The molecule has 1 amide bonds. The Labute approximate surface area is 264 Å². The standard InChI is InChI=1S/C34H42N4O5S/c1-3-5-6-10-19-41-26-14-16-27(17-15-26)42-20-21-43-29-18-13-24(23-30(29)40-4-2)22-28-31(35)38-34(36-32(28)39)44-33(37-38)25-11-8-7-9-12-25/h13-18,22-23,25,35H,3-12,19-21H2,1-2H3/b28-22-,35-31?. The van der Waals surface area contributed by atoms with E-state index in [9.17, 15) is 4.79 Å². The largest absolute Gasteiger partial charge is 0.494 e. The van der Waals surface area contributed by atoms with Crippen LogP contribution in [0.15, 0.2) is 58.1 Å². The quantitative estimate of drug-likeness (QED) is 0.161. The second-order valence-corrected chi connectivity index (χ2v) is 12.0. The molecular formula is C34H42N4O5S. The van der Waals surface area contributed by atoms with Crippen LogP contribution in [-0.2, 0) is 4.79 Å². The Balaban J connectivity index is 1.16. The maximum Gasteiger partial charge on any atom is 0.283 e. The van der Waals surface area contributed by atoms with Gasteiger partial charge in [-0.15, -0.1) is 0 Å². The number of hydrogen-bond donors (Lipinski definition) is 1. The number of nitrogens with zero attached hydrogens (tertiary/aromatic N) is 3. The molecule has 5 rings (SSSR count). The lowest BCUT2D eigenvalue weighted by atomic mass is 9.90. The average Bonchev–Trinajstić information content (AvgIpc) is 3.47. The third-order valence-electron chi connectivity index (χ3n) is 7.70. The second kappa shape index (κ2) is 15.8. The van der Waals surface area contributed by atoms with Gasteiger partial charge in [0.15, 0.2) is 17.3 Å². The molecule has 0 saturated heterocycles. The highest BCUT2D eigenvalue weighted by atomic mass is 32.2. The van der Waals surface area contributed by atoms with Crippen molar-refractivity contribution in [3.05, 3.63) is 53.6 Å². The van der Waals surface area contributed by atoms with Crippen LogP contribution < -0.4 is 18.9 Å². The Morgan fingerprint density at radius 2 is 1.61 bits per heavy atom. The first kappa shape index (κ1) is 31.6. The average molecular weight is 619 g/mol. The molecule has 0 atom stereocenters. The molecule has 10 heteroatoms. The van der Waals surface area contributed by atoms with Crippen molar-refractivity contribution in [1.82, 2.24) is 5.01 Å². The van der Waals surface area contributed by atoms with E-state index in [-0.39, 0.29) is 11.4 Å². The highest BCUT2D eigenvalue weighted by Gasteiger charge is 2.38. The Morgan fingerprint density at radius 3 is 2.34 bits per heavy atom. The molecule has 0 aromatic heterocycles. The number of ether oxygens (including phenoxy) is 4. The fourth-order valence-corrected chi connectivity index (χ4v) is 6.41. The van der Waals surface area contributed by atoms with E-state index in [1.807, 2.05) is 43.3 Å². The van der Waals surface area contributed by atoms with Gasteiger partial charge in [-0.2, -0.15) is 15.1 Å². The number of rotatable bonds is 15. The molecule has 1 saturated carbocycles. The first-order valence-corrected chi connectivity index (χ1v) is 16.6. The molecule has 2 aromatic carbocycles. The number of carbonyl (C=O) groups is 1. The summed E-state index contributed by atoms with van der Waals surface area (Å²) in [5.41, 5.74) is 0.903. The number of aliphatic imine (C=N–C) groups is 1. The highest BCUT2D eigenvalue weighted by molar-refractivity contribution is 8.27. The summed E-state index contributed by atoms with van der Waals surface area (Å²) in [6, 6.07) is 13.1. The van der Waals surface area contributed by atoms with Gasteiger partial charge >= 0.3 is 0 Å². The fourth-order valence-electron chi connectivity index (χ4n) is 5.35. The van der Waals surface area contributed by atoms with Crippen molar-refractivity contribution in [2.45, 2.75) is 71.6 Å². The molecule has 3 aliphatic rings. The molecule has 2 aromatic rings. The molecule has 1 N–H and O–H groups in total. The van der Waals surface area contributed by atoms with Crippen molar-refractivity contribution in [2.75, 3.05) is 26.4 Å². The monoisotopic (exact) mass is 618 g/mol. The van der Waals surface area contributed by atoms with Crippen molar-refractivity contribution >= 4 is 39.8 Å². The zero-order valence-corrected chi connectivity index (χ0v) is 26.5. The number of benzene rings is 2. The van der Waals surface area contributed by atoms with Gasteiger partial charge in [-0.3, -0.25) is 10.2 Å². The number of amides is 1. The second-order valence-electron chi connectivity index (χ2n) is 11.0. The van der Waals surface area contributed by atoms with Crippen LogP contribution in [0.5, 0.6) is 23.0 Å². The number of hydrogen-bond acceptors (Lipinski definition) is 8. The van der Waals surface area contributed by atoms with Gasteiger partial charge in [0.1, 0.15) is 29.8 Å². The summed E-state index contributed by atoms with van der Waals surface area (Å²) in [4.78, 5) is 17.2. The summed E-state index contributed by atoms with van der Waals surface area (Å²) < 4.78 is 23.5. The topological polar surface area (TPSA) is 106 Å². The number of amidine groups is 2. The van der Waals surface area contributed by atoms with E-state index in [1.165, 1.54) is 55.3 Å². The summed E-state index contributed by atoms with van der Waals surface area (Å²) in [7, 11) is 0. The molecule has 234 valence electrons.